The van der Waals surface area contributed by atoms with Crippen molar-refractivity contribution in [3.05, 3.63) is 76.7 Å². The van der Waals surface area contributed by atoms with E-state index in [-0.39, 0.29) is 11.3 Å². The normalized spacial score (nSPS) is 14.1. The van der Waals surface area contributed by atoms with Crippen LogP contribution in [0.3, 0.4) is 0 Å². The standard InChI is InChI=1S/C23H23N5O4/c1-16-8-12-27(13-9-16)20-7-2-17(14-21(20)28(30)31)23(29)26-18-3-5-19(6-4-18)32-22-15-24-10-11-25-22/h2-7,10-11,14-16H,8-9,12-13H2,1H3,(H,26,29). The van der Waals surface area contributed by atoms with Crippen LogP contribution in [0.4, 0.5) is 17.1 Å². The summed E-state index contributed by atoms with van der Waals surface area (Å²) in [5.41, 5.74) is 1.27. The van der Waals surface area contributed by atoms with Gasteiger partial charge in [-0.2, -0.15) is 0 Å². The second-order valence-corrected chi connectivity index (χ2v) is 7.75. The number of carbonyl (C=O) groups is 1. The molecule has 1 aliphatic heterocycles. The molecule has 1 N–H and O–H groups in total. The molecule has 0 saturated carbocycles. The number of anilines is 2. The molecular weight excluding hydrogens is 410 g/mol. The smallest absolute Gasteiger partial charge is 0.293 e. The van der Waals surface area contributed by atoms with E-state index in [2.05, 4.69) is 22.2 Å². The van der Waals surface area contributed by atoms with Crippen LogP contribution in [-0.2, 0) is 0 Å². The van der Waals surface area contributed by atoms with Crippen LogP contribution in [0.15, 0.2) is 61.1 Å². The van der Waals surface area contributed by atoms with Gasteiger partial charge in [0, 0.05) is 42.8 Å². The molecule has 0 atom stereocenters. The zero-order valence-electron chi connectivity index (χ0n) is 17.6. The van der Waals surface area contributed by atoms with Gasteiger partial charge in [-0.3, -0.25) is 19.9 Å². The molecule has 0 unspecified atom stereocenters. The van der Waals surface area contributed by atoms with Gasteiger partial charge in [-0.15, -0.1) is 0 Å². The highest BCUT2D eigenvalue weighted by molar-refractivity contribution is 6.05. The number of carbonyl (C=O) groups excluding carboxylic acids is 1. The van der Waals surface area contributed by atoms with Gasteiger partial charge in [0.1, 0.15) is 11.4 Å². The summed E-state index contributed by atoms with van der Waals surface area (Å²) >= 11 is 0. The first-order valence-electron chi connectivity index (χ1n) is 10.4. The Kier molecular flexibility index (Phi) is 6.25. The van der Waals surface area contributed by atoms with Crippen LogP contribution in [-0.4, -0.2) is 33.9 Å². The minimum absolute atomic E-state index is 0.0556. The van der Waals surface area contributed by atoms with E-state index in [4.69, 9.17) is 4.74 Å². The monoisotopic (exact) mass is 433 g/mol. The maximum absolute atomic E-state index is 12.7. The number of rotatable bonds is 6. The van der Waals surface area contributed by atoms with Crippen molar-refractivity contribution in [1.82, 2.24) is 9.97 Å². The van der Waals surface area contributed by atoms with Gasteiger partial charge in [-0.1, -0.05) is 6.92 Å². The fourth-order valence-electron chi connectivity index (χ4n) is 3.60. The molecule has 1 amide bonds. The molecule has 32 heavy (non-hydrogen) atoms. The summed E-state index contributed by atoms with van der Waals surface area (Å²) in [4.78, 5) is 33.9. The van der Waals surface area contributed by atoms with E-state index in [0.717, 1.165) is 25.9 Å². The third-order valence-electron chi connectivity index (χ3n) is 5.43. The van der Waals surface area contributed by atoms with E-state index in [1.807, 2.05) is 4.90 Å². The highest BCUT2D eigenvalue weighted by Crippen LogP contribution is 2.32. The lowest BCUT2D eigenvalue weighted by Crippen LogP contribution is -2.33. The van der Waals surface area contributed by atoms with Crippen molar-refractivity contribution in [2.75, 3.05) is 23.3 Å². The molecule has 1 fully saturated rings. The molecule has 1 saturated heterocycles. The first kappa shape index (κ1) is 21.2. The largest absolute Gasteiger partial charge is 0.438 e. The molecule has 1 aromatic heterocycles. The molecule has 2 heterocycles. The molecule has 0 bridgehead atoms. The van der Waals surface area contributed by atoms with Crippen LogP contribution < -0.4 is 15.0 Å². The molecule has 0 aliphatic carbocycles. The zero-order chi connectivity index (χ0) is 22.5. The summed E-state index contributed by atoms with van der Waals surface area (Å²) in [6.07, 6.45) is 6.57. The first-order chi connectivity index (χ1) is 15.5. The molecule has 9 nitrogen and oxygen atoms in total. The van der Waals surface area contributed by atoms with Gasteiger partial charge < -0.3 is 15.0 Å². The van der Waals surface area contributed by atoms with Crippen molar-refractivity contribution in [2.24, 2.45) is 5.92 Å². The number of nitrogens with zero attached hydrogens (tertiary/aromatic N) is 4. The Bertz CT molecular complexity index is 1100. The number of nitro benzene ring substituents is 1. The summed E-state index contributed by atoms with van der Waals surface area (Å²) in [5, 5.41) is 14.4. The topological polar surface area (TPSA) is 110 Å². The van der Waals surface area contributed by atoms with Crippen LogP contribution >= 0.6 is 0 Å². The predicted octanol–water partition coefficient (Wildman–Crippen LogP) is 4.67. The minimum Gasteiger partial charge on any atom is -0.438 e. The number of aromatic nitrogens is 2. The SMILES string of the molecule is CC1CCN(c2ccc(C(=O)Nc3ccc(Oc4cnccn4)cc3)cc2[N+](=O)[O-])CC1. The van der Waals surface area contributed by atoms with E-state index in [1.54, 1.807) is 42.6 Å². The number of nitro groups is 1. The molecule has 4 rings (SSSR count). The number of hydrogen-bond acceptors (Lipinski definition) is 7. The van der Waals surface area contributed by atoms with Crippen LogP contribution in [0.25, 0.3) is 0 Å². The molecule has 0 radical (unpaired) electrons. The number of benzene rings is 2. The lowest BCUT2D eigenvalue weighted by molar-refractivity contribution is -0.384. The Labute approximate surface area is 185 Å². The molecule has 2 aromatic carbocycles. The highest BCUT2D eigenvalue weighted by atomic mass is 16.6. The van der Waals surface area contributed by atoms with E-state index >= 15 is 0 Å². The summed E-state index contributed by atoms with van der Waals surface area (Å²) in [6, 6.07) is 11.4. The lowest BCUT2D eigenvalue weighted by atomic mass is 9.98. The van der Waals surface area contributed by atoms with E-state index in [1.165, 1.54) is 18.5 Å². The van der Waals surface area contributed by atoms with Gasteiger partial charge in [0.2, 0.25) is 5.88 Å². The van der Waals surface area contributed by atoms with Gasteiger partial charge in [0.05, 0.1) is 11.1 Å². The summed E-state index contributed by atoms with van der Waals surface area (Å²) < 4.78 is 5.58. The number of piperidine rings is 1. The predicted molar refractivity (Wildman–Crippen MR) is 120 cm³/mol. The van der Waals surface area contributed by atoms with Crippen LogP contribution in [0.1, 0.15) is 30.1 Å². The first-order valence-corrected chi connectivity index (χ1v) is 10.4. The fraction of sp³-hybridized carbons (Fsp3) is 0.261. The van der Waals surface area contributed by atoms with Crippen LogP contribution in [0.5, 0.6) is 11.6 Å². The Morgan fingerprint density at radius 1 is 1.16 bits per heavy atom. The van der Waals surface area contributed by atoms with Crippen LogP contribution in [0.2, 0.25) is 0 Å². The average Bonchev–Trinajstić information content (AvgIpc) is 2.81. The average molecular weight is 433 g/mol. The fourth-order valence-corrected chi connectivity index (χ4v) is 3.60. The van der Waals surface area contributed by atoms with Gasteiger partial charge >= 0.3 is 0 Å². The van der Waals surface area contributed by atoms with Gasteiger partial charge in [0.15, 0.2) is 0 Å². The number of ether oxygens (including phenoxy) is 1. The second-order valence-electron chi connectivity index (χ2n) is 7.75. The summed E-state index contributed by atoms with van der Waals surface area (Å²) in [7, 11) is 0. The lowest BCUT2D eigenvalue weighted by Gasteiger charge is -2.31. The number of hydrogen-bond donors (Lipinski definition) is 1. The van der Waals surface area contributed by atoms with E-state index < -0.39 is 10.8 Å². The van der Waals surface area contributed by atoms with Crippen molar-refractivity contribution in [3.63, 3.8) is 0 Å². The summed E-state index contributed by atoms with van der Waals surface area (Å²) in [5.74, 6) is 1.10. The van der Waals surface area contributed by atoms with Gasteiger partial charge in [-0.05, 0) is 55.2 Å². The third-order valence-corrected chi connectivity index (χ3v) is 5.43. The number of amides is 1. The molecule has 0 spiro atoms. The molecule has 3 aromatic rings. The Balaban J connectivity index is 1.46. The van der Waals surface area contributed by atoms with Crippen molar-refractivity contribution in [2.45, 2.75) is 19.8 Å². The van der Waals surface area contributed by atoms with E-state index in [0.29, 0.717) is 28.9 Å². The van der Waals surface area contributed by atoms with Crippen LogP contribution in [0, 0.1) is 16.0 Å². The maximum atomic E-state index is 12.7. The van der Waals surface area contributed by atoms with Crippen molar-refractivity contribution < 1.29 is 14.5 Å². The maximum Gasteiger partial charge on any atom is 0.293 e. The number of nitrogens with one attached hydrogen (secondary N) is 1. The van der Waals surface area contributed by atoms with Crippen molar-refractivity contribution in [1.29, 1.82) is 0 Å². The highest BCUT2D eigenvalue weighted by Gasteiger charge is 2.24. The second kappa shape index (κ2) is 9.42. The zero-order valence-corrected chi connectivity index (χ0v) is 17.6. The Morgan fingerprint density at radius 3 is 2.56 bits per heavy atom. The Hall–Kier alpha value is -4.01. The molecule has 9 heteroatoms. The quantitative estimate of drug-likeness (QED) is 0.444. The third kappa shape index (κ3) is 5.00. The molecule has 164 valence electrons. The van der Waals surface area contributed by atoms with E-state index in [9.17, 15) is 14.9 Å². The van der Waals surface area contributed by atoms with Gasteiger partial charge in [-0.25, -0.2) is 4.98 Å². The minimum atomic E-state index is -0.428. The van der Waals surface area contributed by atoms with Crippen molar-refractivity contribution >= 4 is 23.0 Å². The van der Waals surface area contributed by atoms with Crippen molar-refractivity contribution in [3.8, 4) is 11.6 Å². The molecular formula is C23H23N5O4. The summed E-state index contributed by atoms with van der Waals surface area (Å²) in [6.45, 7) is 3.74. The van der Waals surface area contributed by atoms with Gasteiger partial charge in [0.25, 0.3) is 11.6 Å². The Morgan fingerprint density at radius 2 is 1.91 bits per heavy atom. The molecule has 1 aliphatic rings.